The molecule has 174 valence electrons. The van der Waals surface area contributed by atoms with Crippen LogP contribution in [0.25, 0.3) is 0 Å². The summed E-state index contributed by atoms with van der Waals surface area (Å²) in [6.07, 6.45) is 5.84. The van der Waals surface area contributed by atoms with E-state index < -0.39 is 10.0 Å². The van der Waals surface area contributed by atoms with E-state index in [4.69, 9.17) is 4.52 Å². The van der Waals surface area contributed by atoms with Gasteiger partial charge in [0.25, 0.3) is 10.0 Å². The number of hydrogen-bond acceptors (Lipinski definition) is 6. The highest BCUT2D eigenvalue weighted by atomic mass is 32.2. The molecule has 1 aliphatic heterocycles. The minimum atomic E-state index is -3.94. The van der Waals surface area contributed by atoms with Crippen LogP contribution in [0.2, 0.25) is 0 Å². The fraction of sp³-hybridized carbons (Fsp3) is 0.200. The van der Waals surface area contributed by atoms with Gasteiger partial charge in [-0.2, -0.15) is 0 Å². The van der Waals surface area contributed by atoms with Crippen LogP contribution in [0.5, 0.6) is 0 Å². The monoisotopic (exact) mass is 475 g/mol. The summed E-state index contributed by atoms with van der Waals surface area (Å²) in [7, 11) is -3.94. The summed E-state index contributed by atoms with van der Waals surface area (Å²) in [6, 6.07) is 17.7. The van der Waals surface area contributed by atoms with Gasteiger partial charge in [-0.25, -0.2) is 13.4 Å². The third-order valence-electron chi connectivity index (χ3n) is 5.87. The molecule has 2 aromatic carbocycles. The first kappa shape index (κ1) is 22.0. The van der Waals surface area contributed by atoms with Gasteiger partial charge in [0.2, 0.25) is 0 Å². The summed E-state index contributed by atoms with van der Waals surface area (Å²) in [5.41, 5.74) is 4.70. The molecule has 0 bridgehead atoms. The zero-order valence-electron chi connectivity index (χ0n) is 19.0. The molecule has 3 heterocycles. The van der Waals surface area contributed by atoms with Crippen LogP contribution in [-0.4, -0.2) is 27.8 Å². The first-order valence-corrected chi connectivity index (χ1v) is 12.4. The van der Waals surface area contributed by atoms with Gasteiger partial charge in [-0.05, 0) is 31.0 Å². The topological polar surface area (TPSA) is 95.3 Å². The summed E-state index contributed by atoms with van der Waals surface area (Å²) in [5, 5.41) is 3.90. The molecule has 0 aliphatic carbocycles. The van der Waals surface area contributed by atoms with Gasteiger partial charge in [0, 0.05) is 30.2 Å². The van der Waals surface area contributed by atoms with Crippen molar-refractivity contribution < 1.29 is 12.9 Å². The highest BCUT2D eigenvalue weighted by molar-refractivity contribution is 7.89. The lowest BCUT2D eigenvalue weighted by Crippen LogP contribution is -2.31. The summed E-state index contributed by atoms with van der Waals surface area (Å²) >= 11 is 0. The van der Waals surface area contributed by atoms with Crippen LogP contribution in [0, 0.1) is 13.8 Å². The number of aromatic nitrogens is 3. The number of para-hydroxylation sites is 1. The highest BCUT2D eigenvalue weighted by Crippen LogP contribution is 2.35. The fourth-order valence-electron chi connectivity index (χ4n) is 4.31. The van der Waals surface area contributed by atoms with Crippen molar-refractivity contribution in [2.75, 3.05) is 4.90 Å². The minimum absolute atomic E-state index is 0.115. The van der Waals surface area contributed by atoms with E-state index >= 15 is 0 Å². The Morgan fingerprint density at radius 3 is 2.53 bits per heavy atom. The number of H-pyrrole nitrogens is 1. The first-order chi connectivity index (χ1) is 16.4. The van der Waals surface area contributed by atoms with Crippen LogP contribution >= 0.6 is 0 Å². The molecular formula is C25H25N5O3S. The smallest absolute Gasteiger partial charge is 0.269 e. The SMILES string of the molecule is Cc1noc(C)c1S(=O)(=O)N1Cc2ccccc2N(Cc2c[nH]cn2)C=C1Cc1ccccc1. The Labute approximate surface area is 198 Å². The summed E-state index contributed by atoms with van der Waals surface area (Å²) in [5.74, 6) is 0.280. The fourth-order valence-corrected chi connectivity index (χ4v) is 6.07. The van der Waals surface area contributed by atoms with E-state index in [1.165, 1.54) is 4.31 Å². The Balaban J connectivity index is 1.67. The zero-order chi connectivity index (χ0) is 23.7. The molecule has 0 radical (unpaired) electrons. The lowest BCUT2D eigenvalue weighted by molar-refractivity contribution is 0.389. The number of imidazole rings is 1. The maximum absolute atomic E-state index is 14.0. The Bertz CT molecular complexity index is 1410. The van der Waals surface area contributed by atoms with Crippen molar-refractivity contribution in [1.29, 1.82) is 0 Å². The number of nitrogens with one attached hydrogen (secondary N) is 1. The molecule has 1 N–H and O–H groups in total. The molecule has 0 amide bonds. The number of nitrogens with zero attached hydrogens (tertiary/aromatic N) is 4. The Morgan fingerprint density at radius 1 is 1.06 bits per heavy atom. The van der Waals surface area contributed by atoms with E-state index in [1.54, 1.807) is 20.2 Å². The maximum atomic E-state index is 14.0. The molecule has 0 fully saturated rings. The normalized spacial score (nSPS) is 14.0. The van der Waals surface area contributed by atoms with Crippen molar-refractivity contribution in [2.24, 2.45) is 0 Å². The average Bonchev–Trinajstić information content (AvgIpc) is 3.43. The third-order valence-corrected chi connectivity index (χ3v) is 7.91. The van der Waals surface area contributed by atoms with Crippen molar-refractivity contribution in [3.8, 4) is 0 Å². The van der Waals surface area contributed by atoms with Gasteiger partial charge < -0.3 is 14.4 Å². The van der Waals surface area contributed by atoms with Gasteiger partial charge in [-0.1, -0.05) is 53.7 Å². The molecule has 0 spiro atoms. The number of benzene rings is 2. The third kappa shape index (κ3) is 4.10. The molecule has 8 nitrogen and oxygen atoms in total. The second kappa shape index (κ2) is 8.83. The molecule has 9 heteroatoms. The number of sulfonamides is 1. The van der Waals surface area contributed by atoms with Gasteiger partial charge in [0.05, 0.1) is 25.1 Å². The van der Waals surface area contributed by atoms with Crippen LogP contribution in [0.1, 0.15) is 28.3 Å². The van der Waals surface area contributed by atoms with Crippen molar-refractivity contribution in [2.45, 2.75) is 38.3 Å². The standard InChI is InChI=1S/C25H25N5O3S/c1-18-25(19(2)33-28-18)34(31,32)30-14-21-10-6-7-11-24(21)29(15-22-13-26-17-27-22)16-23(30)12-20-8-4-3-5-9-20/h3-11,13,16-17H,12,14-15H2,1-2H3,(H,26,27). The molecule has 0 atom stereocenters. The van der Waals surface area contributed by atoms with E-state index in [1.807, 2.05) is 67.0 Å². The lowest BCUT2D eigenvalue weighted by Gasteiger charge is -2.26. The predicted molar refractivity (Wildman–Crippen MR) is 128 cm³/mol. The van der Waals surface area contributed by atoms with E-state index in [-0.39, 0.29) is 17.2 Å². The quantitative estimate of drug-likeness (QED) is 0.447. The van der Waals surface area contributed by atoms with Crippen molar-refractivity contribution in [3.05, 3.63) is 107 Å². The number of hydrogen-bond donors (Lipinski definition) is 1. The highest BCUT2D eigenvalue weighted by Gasteiger charge is 2.35. The molecule has 34 heavy (non-hydrogen) atoms. The van der Waals surface area contributed by atoms with Gasteiger partial charge >= 0.3 is 0 Å². The van der Waals surface area contributed by atoms with Crippen molar-refractivity contribution in [3.63, 3.8) is 0 Å². The van der Waals surface area contributed by atoms with Gasteiger partial charge in [0.15, 0.2) is 10.7 Å². The minimum Gasteiger partial charge on any atom is -0.360 e. The van der Waals surface area contributed by atoms with E-state index in [0.717, 1.165) is 22.5 Å². The average molecular weight is 476 g/mol. The van der Waals surface area contributed by atoms with Crippen molar-refractivity contribution in [1.82, 2.24) is 19.4 Å². The Hall–Kier alpha value is -3.85. The van der Waals surface area contributed by atoms with E-state index in [0.29, 0.717) is 24.4 Å². The van der Waals surface area contributed by atoms with Gasteiger partial charge in [-0.3, -0.25) is 4.31 Å². The first-order valence-electron chi connectivity index (χ1n) is 11.0. The Kier molecular flexibility index (Phi) is 5.70. The van der Waals surface area contributed by atoms with Crippen LogP contribution in [-0.2, 0) is 29.5 Å². The molecule has 5 rings (SSSR count). The van der Waals surface area contributed by atoms with Crippen LogP contribution < -0.4 is 4.90 Å². The number of aromatic amines is 1. The predicted octanol–water partition coefficient (Wildman–Crippen LogP) is 4.31. The second-order valence-corrected chi connectivity index (χ2v) is 10.1. The number of aryl methyl sites for hydroxylation is 2. The van der Waals surface area contributed by atoms with Crippen molar-refractivity contribution >= 4 is 15.7 Å². The Morgan fingerprint density at radius 2 is 1.82 bits per heavy atom. The van der Waals surface area contributed by atoms with E-state index in [2.05, 4.69) is 20.0 Å². The lowest BCUT2D eigenvalue weighted by atomic mass is 10.1. The van der Waals surface area contributed by atoms with Crippen LogP contribution in [0.15, 0.2) is 88.4 Å². The van der Waals surface area contributed by atoms with Crippen LogP contribution in [0.4, 0.5) is 5.69 Å². The molecule has 0 unspecified atom stereocenters. The van der Waals surface area contributed by atoms with Gasteiger partial charge in [0.1, 0.15) is 5.69 Å². The van der Waals surface area contributed by atoms with Gasteiger partial charge in [-0.15, -0.1) is 0 Å². The number of anilines is 1. The van der Waals surface area contributed by atoms with E-state index in [9.17, 15) is 8.42 Å². The maximum Gasteiger partial charge on any atom is 0.269 e. The summed E-state index contributed by atoms with van der Waals surface area (Å²) < 4.78 is 34.8. The molecule has 0 saturated carbocycles. The molecule has 1 aliphatic rings. The molecular weight excluding hydrogens is 450 g/mol. The largest absolute Gasteiger partial charge is 0.360 e. The number of allylic oxidation sites excluding steroid dienone is 1. The number of fused-ring (bicyclic) bond motifs is 1. The zero-order valence-corrected chi connectivity index (χ0v) is 19.8. The summed E-state index contributed by atoms with van der Waals surface area (Å²) in [4.78, 5) is 9.54. The molecule has 0 saturated heterocycles. The second-order valence-electron chi connectivity index (χ2n) is 8.26. The van der Waals surface area contributed by atoms with Crippen LogP contribution in [0.3, 0.4) is 0 Å². The molecule has 2 aromatic heterocycles. The summed E-state index contributed by atoms with van der Waals surface area (Å²) in [6.45, 7) is 3.97. The molecule has 4 aromatic rings. The number of rotatable bonds is 6.